The van der Waals surface area contributed by atoms with Crippen LogP contribution >= 0.6 is 0 Å². The van der Waals surface area contributed by atoms with Gasteiger partial charge in [-0.05, 0) is 5.56 Å². The highest BCUT2D eigenvalue weighted by Crippen LogP contribution is 2.37. The Balaban J connectivity index is 2.28. The second kappa shape index (κ2) is 4.69. The summed E-state index contributed by atoms with van der Waals surface area (Å²) < 4.78 is 10.8. The lowest BCUT2D eigenvalue weighted by Gasteiger charge is -2.08. The van der Waals surface area contributed by atoms with E-state index in [1.807, 2.05) is 36.5 Å². The van der Waals surface area contributed by atoms with Crippen molar-refractivity contribution >= 4 is 10.9 Å². The standard InChI is InChI=1S/C16H15NO2/c1-18-12-8-14-16(15(9-12)19-2)13(10-17-14)11-6-4-3-5-7-11/h3-10,17H,1-2H3. The first-order valence-corrected chi connectivity index (χ1v) is 6.12. The van der Waals surface area contributed by atoms with E-state index in [1.165, 1.54) is 0 Å². The third kappa shape index (κ3) is 1.93. The van der Waals surface area contributed by atoms with Gasteiger partial charge in [0.05, 0.1) is 19.7 Å². The largest absolute Gasteiger partial charge is 0.497 e. The van der Waals surface area contributed by atoms with Crippen LogP contribution in [-0.4, -0.2) is 19.2 Å². The molecule has 0 saturated heterocycles. The number of methoxy groups -OCH3 is 2. The van der Waals surface area contributed by atoms with E-state index < -0.39 is 0 Å². The summed E-state index contributed by atoms with van der Waals surface area (Å²) in [7, 11) is 3.33. The number of benzene rings is 2. The Hall–Kier alpha value is -2.42. The zero-order chi connectivity index (χ0) is 13.2. The summed E-state index contributed by atoms with van der Waals surface area (Å²) in [4.78, 5) is 3.28. The third-order valence-electron chi connectivity index (χ3n) is 3.26. The molecule has 3 aromatic rings. The molecule has 0 aliphatic carbocycles. The molecular formula is C16H15NO2. The molecule has 0 aliphatic rings. The Kier molecular flexibility index (Phi) is 2.88. The third-order valence-corrected chi connectivity index (χ3v) is 3.26. The lowest BCUT2D eigenvalue weighted by atomic mass is 10.0. The topological polar surface area (TPSA) is 34.2 Å². The molecule has 3 nitrogen and oxygen atoms in total. The van der Waals surface area contributed by atoms with Gasteiger partial charge in [-0.3, -0.25) is 0 Å². The SMILES string of the molecule is COc1cc(OC)c2c(-c3ccccc3)c[nH]c2c1. The lowest BCUT2D eigenvalue weighted by molar-refractivity contribution is 0.398. The van der Waals surface area contributed by atoms with Gasteiger partial charge in [-0.15, -0.1) is 0 Å². The first kappa shape index (κ1) is 11.7. The number of H-pyrrole nitrogens is 1. The zero-order valence-electron chi connectivity index (χ0n) is 10.9. The van der Waals surface area contributed by atoms with Crippen LogP contribution in [0.2, 0.25) is 0 Å². The Labute approximate surface area is 111 Å². The molecule has 3 heteroatoms. The van der Waals surface area contributed by atoms with Crippen LogP contribution in [0.1, 0.15) is 0 Å². The molecule has 19 heavy (non-hydrogen) atoms. The van der Waals surface area contributed by atoms with E-state index in [9.17, 15) is 0 Å². The molecule has 1 N–H and O–H groups in total. The number of aromatic amines is 1. The van der Waals surface area contributed by atoms with E-state index in [1.54, 1.807) is 14.2 Å². The summed E-state index contributed by atoms with van der Waals surface area (Å²) in [5.41, 5.74) is 3.31. The minimum absolute atomic E-state index is 0.783. The molecule has 0 radical (unpaired) electrons. The maximum atomic E-state index is 5.49. The van der Waals surface area contributed by atoms with E-state index in [-0.39, 0.29) is 0 Å². The van der Waals surface area contributed by atoms with Gasteiger partial charge in [0.2, 0.25) is 0 Å². The fourth-order valence-electron chi connectivity index (χ4n) is 2.33. The molecule has 0 aliphatic heterocycles. The van der Waals surface area contributed by atoms with E-state index in [4.69, 9.17) is 9.47 Å². The second-order valence-corrected chi connectivity index (χ2v) is 4.32. The predicted octanol–water partition coefficient (Wildman–Crippen LogP) is 3.85. The van der Waals surface area contributed by atoms with Gasteiger partial charge in [0, 0.05) is 29.3 Å². The van der Waals surface area contributed by atoms with Gasteiger partial charge in [-0.1, -0.05) is 30.3 Å². The molecule has 96 valence electrons. The van der Waals surface area contributed by atoms with Crippen LogP contribution in [-0.2, 0) is 0 Å². The molecule has 0 spiro atoms. The average Bonchev–Trinajstić information content (AvgIpc) is 2.91. The van der Waals surface area contributed by atoms with E-state index >= 15 is 0 Å². The van der Waals surface area contributed by atoms with Crippen LogP contribution in [0.3, 0.4) is 0 Å². The summed E-state index contributed by atoms with van der Waals surface area (Å²) >= 11 is 0. The summed E-state index contributed by atoms with van der Waals surface area (Å²) in [6.45, 7) is 0. The van der Waals surface area contributed by atoms with E-state index in [2.05, 4.69) is 17.1 Å². The average molecular weight is 253 g/mol. The lowest BCUT2D eigenvalue weighted by Crippen LogP contribution is -1.88. The number of ether oxygens (including phenoxy) is 2. The highest BCUT2D eigenvalue weighted by Gasteiger charge is 2.12. The maximum absolute atomic E-state index is 5.49. The molecule has 0 amide bonds. The van der Waals surface area contributed by atoms with Crippen LogP contribution in [0.25, 0.3) is 22.0 Å². The number of aromatic nitrogens is 1. The van der Waals surface area contributed by atoms with Crippen LogP contribution < -0.4 is 9.47 Å². The fourth-order valence-corrected chi connectivity index (χ4v) is 2.33. The van der Waals surface area contributed by atoms with Crippen molar-refractivity contribution in [2.45, 2.75) is 0 Å². The van der Waals surface area contributed by atoms with E-state index in [0.29, 0.717) is 0 Å². The summed E-state index contributed by atoms with van der Waals surface area (Å²) in [5.74, 6) is 1.60. The van der Waals surface area contributed by atoms with Crippen molar-refractivity contribution in [2.24, 2.45) is 0 Å². The van der Waals surface area contributed by atoms with Crippen molar-refractivity contribution in [2.75, 3.05) is 14.2 Å². The monoisotopic (exact) mass is 253 g/mol. The Morgan fingerprint density at radius 1 is 0.947 bits per heavy atom. The quantitative estimate of drug-likeness (QED) is 0.769. The van der Waals surface area contributed by atoms with Gasteiger partial charge >= 0.3 is 0 Å². The molecule has 0 bridgehead atoms. The molecule has 2 aromatic carbocycles. The van der Waals surface area contributed by atoms with Gasteiger partial charge in [0.1, 0.15) is 11.5 Å². The highest BCUT2D eigenvalue weighted by atomic mass is 16.5. The molecule has 1 aromatic heterocycles. The molecule has 0 unspecified atom stereocenters. The number of nitrogens with one attached hydrogen (secondary N) is 1. The zero-order valence-corrected chi connectivity index (χ0v) is 10.9. The molecule has 1 heterocycles. The van der Waals surface area contributed by atoms with Crippen LogP contribution in [0, 0.1) is 0 Å². The Bertz CT molecular complexity index is 701. The number of hydrogen-bond acceptors (Lipinski definition) is 2. The Morgan fingerprint density at radius 2 is 1.74 bits per heavy atom. The second-order valence-electron chi connectivity index (χ2n) is 4.32. The van der Waals surface area contributed by atoms with Crippen molar-refractivity contribution < 1.29 is 9.47 Å². The number of rotatable bonds is 3. The van der Waals surface area contributed by atoms with Gasteiger partial charge in [0.25, 0.3) is 0 Å². The molecular weight excluding hydrogens is 238 g/mol. The smallest absolute Gasteiger partial charge is 0.132 e. The van der Waals surface area contributed by atoms with Gasteiger partial charge in [-0.2, -0.15) is 0 Å². The minimum Gasteiger partial charge on any atom is -0.497 e. The summed E-state index contributed by atoms with van der Waals surface area (Å²) in [5, 5.41) is 1.08. The van der Waals surface area contributed by atoms with Crippen molar-refractivity contribution in [3.8, 4) is 22.6 Å². The van der Waals surface area contributed by atoms with Crippen LogP contribution in [0.4, 0.5) is 0 Å². The van der Waals surface area contributed by atoms with Crippen molar-refractivity contribution in [3.63, 3.8) is 0 Å². The summed E-state index contributed by atoms with van der Waals surface area (Å²) in [6, 6.07) is 14.1. The number of hydrogen-bond donors (Lipinski definition) is 1. The summed E-state index contributed by atoms with van der Waals surface area (Å²) in [6.07, 6.45) is 2.00. The Morgan fingerprint density at radius 3 is 2.42 bits per heavy atom. The minimum atomic E-state index is 0.783. The molecule has 3 rings (SSSR count). The fraction of sp³-hybridized carbons (Fsp3) is 0.125. The first-order chi connectivity index (χ1) is 9.33. The number of fused-ring (bicyclic) bond motifs is 1. The van der Waals surface area contributed by atoms with Gasteiger partial charge in [0.15, 0.2) is 0 Å². The van der Waals surface area contributed by atoms with Gasteiger partial charge in [-0.25, -0.2) is 0 Å². The highest BCUT2D eigenvalue weighted by molar-refractivity contribution is 6.00. The normalized spacial score (nSPS) is 10.6. The maximum Gasteiger partial charge on any atom is 0.132 e. The van der Waals surface area contributed by atoms with Crippen molar-refractivity contribution in [1.29, 1.82) is 0 Å². The van der Waals surface area contributed by atoms with Crippen LogP contribution in [0.15, 0.2) is 48.7 Å². The van der Waals surface area contributed by atoms with E-state index in [0.717, 1.165) is 33.5 Å². The van der Waals surface area contributed by atoms with Crippen molar-refractivity contribution in [3.05, 3.63) is 48.7 Å². The van der Waals surface area contributed by atoms with Gasteiger partial charge < -0.3 is 14.5 Å². The molecule has 0 atom stereocenters. The van der Waals surface area contributed by atoms with Crippen molar-refractivity contribution in [1.82, 2.24) is 4.98 Å². The molecule has 0 fully saturated rings. The predicted molar refractivity (Wildman–Crippen MR) is 76.8 cm³/mol. The first-order valence-electron chi connectivity index (χ1n) is 6.12. The van der Waals surface area contributed by atoms with Crippen LogP contribution in [0.5, 0.6) is 11.5 Å². The molecule has 0 saturated carbocycles.